The minimum Gasteiger partial charge on any atom is -0.483 e. The van der Waals surface area contributed by atoms with E-state index in [2.05, 4.69) is 0 Å². The Labute approximate surface area is 124 Å². The zero-order valence-electron chi connectivity index (χ0n) is 12.5. The first kappa shape index (κ1) is 15.4. The van der Waals surface area contributed by atoms with Gasteiger partial charge in [0.2, 0.25) is 0 Å². The number of likely N-dealkylation sites (tertiary alicyclic amines) is 1. The second kappa shape index (κ2) is 6.61. The van der Waals surface area contributed by atoms with Crippen LogP contribution >= 0.6 is 0 Å². The summed E-state index contributed by atoms with van der Waals surface area (Å²) in [6.07, 6.45) is 1.36. The summed E-state index contributed by atoms with van der Waals surface area (Å²) in [6.45, 7) is 4.79. The molecular weight excluding hydrogens is 270 g/mol. The Kier molecular flexibility index (Phi) is 4.83. The molecule has 1 aliphatic heterocycles. The van der Waals surface area contributed by atoms with Crippen molar-refractivity contribution in [1.29, 1.82) is 0 Å². The lowest BCUT2D eigenvalue weighted by molar-refractivity contribution is -0.146. The second-order valence-electron chi connectivity index (χ2n) is 5.50. The molecule has 0 aromatic heterocycles. The van der Waals surface area contributed by atoms with Gasteiger partial charge < -0.3 is 14.7 Å². The minimum absolute atomic E-state index is 0.0450. The van der Waals surface area contributed by atoms with E-state index in [0.29, 0.717) is 18.7 Å². The summed E-state index contributed by atoms with van der Waals surface area (Å²) in [7, 11) is 0. The fourth-order valence-electron chi connectivity index (χ4n) is 2.52. The molecular formula is C16H21NO4. The molecule has 0 aliphatic carbocycles. The Balaban J connectivity index is 1.92. The molecule has 21 heavy (non-hydrogen) atoms. The molecule has 1 aliphatic rings. The number of amides is 1. The zero-order chi connectivity index (χ0) is 15.4. The van der Waals surface area contributed by atoms with Crippen molar-refractivity contribution in [3.05, 3.63) is 29.3 Å². The molecule has 1 amide bonds. The van der Waals surface area contributed by atoms with Crippen LogP contribution in [-0.4, -0.2) is 41.6 Å². The van der Waals surface area contributed by atoms with Crippen molar-refractivity contribution >= 4 is 11.9 Å². The van der Waals surface area contributed by atoms with E-state index in [1.54, 1.807) is 4.90 Å². The Morgan fingerprint density at radius 1 is 1.38 bits per heavy atom. The molecule has 2 rings (SSSR count). The number of carbonyl (C=O) groups is 2. The average molecular weight is 291 g/mol. The standard InChI is InChI=1S/C16H21NO4/c1-11-5-3-7-14(12(11)2)21-10-15(18)17-8-4-6-13(9-17)16(19)20/h3,5,7,13H,4,6,8-10H2,1-2H3,(H,19,20)/t13-/m1/s1. The molecule has 0 unspecified atom stereocenters. The summed E-state index contributed by atoms with van der Waals surface area (Å²) < 4.78 is 5.59. The highest BCUT2D eigenvalue weighted by Crippen LogP contribution is 2.21. The van der Waals surface area contributed by atoms with E-state index >= 15 is 0 Å². The van der Waals surface area contributed by atoms with Crippen LogP contribution in [0.5, 0.6) is 5.75 Å². The molecule has 1 atom stereocenters. The lowest BCUT2D eigenvalue weighted by Gasteiger charge is -2.30. The van der Waals surface area contributed by atoms with Crippen LogP contribution in [0.1, 0.15) is 24.0 Å². The fraction of sp³-hybridized carbons (Fsp3) is 0.500. The third-order valence-electron chi connectivity index (χ3n) is 4.03. The first-order valence-electron chi connectivity index (χ1n) is 7.18. The van der Waals surface area contributed by atoms with E-state index < -0.39 is 11.9 Å². The lowest BCUT2D eigenvalue weighted by Crippen LogP contribution is -2.44. The van der Waals surface area contributed by atoms with Crippen LogP contribution in [0.4, 0.5) is 0 Å². The number of carboxylic acids is 1. The van der Waals surface area contributed by atoms with E-state index in [9.17, 15) is 9.59 Å². The average Bonchev–Trinajstić information content (AvgIpc) is 2.48. The van der Waals surface area contributed by atoms with Gasteiger partial charge in [-0.2, -0.15) is 0 Å². The van der Waals surface area contributed by atoms with Gasteiger partial charge in [-0.3, -0.25) is 9.59 Å². The normalized spacial score (nSPS) is 18.4. The molecule has 1 fully saturated rings. The third kappa shape index (κ3) is 3.74. The largest absolute Gasteiger partial charge is 0.483 e. The third-order valence-corrected chi connectivity index (χ3v) is 4.03. The van der Waals surface area contributed by atoms with Crippen molar-refractivity contribution in [1.82, 2.24) is 4.90 Å². The van der Waals surface area contributed by atoms with E-state index in [1.165, 1.54) is 0 Å². The Hall–Kier alpha value is -2.04. The van der Waals surface area contributed by atoms with Gasteiger partial charge in [-0.1, -0.05) is 12.1 Å². The van der Waals surface area contributed by atoms with Crippen molar-refractivity contribution < 1.29 is 19.4 Å². The maximum Gasteiger partial charge on any atom is 0.308 e. The van der Waals surface area contributed by atoms with Crippen molar-refractivity contribution in [2.24, 2.45) is 5.92 Å². The van der Waals surface area contributed by atoms with E-state index in [4.69, 9.17) is 9.84 Å². The number of ether oxygens (including phenoxy) is 1. The van der Waals surface area contributed by atoms with Gasteiger partial charge in [0.25, 0.3) is 5.91 Å². The molecule has 5 heteroatoms. The number of hydrogen-bond acceptors (Lipinski definition) is 3. The summed E-state index contributed by atoms with van der Waals surface area (Å²) in [4.78, 5) is 24.7. The van der Waals surface area contributed by atoms with Crippen molar-refractivity contribution in [2.75, 3.05) is 19.7 Å². The van der Waals surface area contributed by atoms with Crippen LogP contribution in [0.25, 0.3) is 0 Å². The topological polar surface area (TPSA) is 66.8 Å². The first-order chi connectivity index (χ1) is 9.99. The summed E-state index contributed by atoms with van der Waals surface area (Å²) in [5.74, 6) is -0.733. The highest BCUT2D eigenvalue weighted by Gasteiger charge is 2.28. The Morgan fingerprint density at radius 3 is 2.86 bits per heavy atom. The van der Waals surface area contributed by atoms with Gasteiger partial charge in [-0.25, -0.2) is 0 Å². The van der Waals surface area contributed by atoms with E-state index in [1.807, 2.05) is 32.0 Å². The molecule has 1 N–H and O–H groups in total. The number of nitrogens with zero attached hydrogens (tertiary/aromatic N) is 1. The SMILES string of the molecule is Cc1cccc(OCC(=O)N2CCC[C@@H](C(=O)O)C2)c1C. The summed E-state index contributed by atoms with van der Waals surface area (Å²) in [5, 5.41) is 9.04. The minimum atomic E-state index is -0.831. The van der Waals surface area contributed by atoms with Crippen LogP contribution in [0.2, 0.25) is 0 Å². The van der Waals surface area contributed by atoms with Gasteiger partial charge in [0, 0.05) is 13.1 Å². The number of aliphatic carboxylic acids is 1. The maximum atomic E-state index is 12.1. The van der Waals surface area contributed by atoms with Crippen molar-refractivity contribution in [2.45, 2.75) is 26.7 Å². The molecule has 0 saturated carbocycles. The number of carbonyl (C=O) groups excluding carboxylic acids is 1. The van der Waals surface area contributed by atoms with Crippen molar-refractivity contribution in [3.8, 4) is 5.75 Å². The molecule has 1 saturated heterocycles. The number of carboxylic acid groups (broad SMARTS) is 1. The lowest BCUT2D eigenvalue weighted by atomic mass is 9.98. The number of rotatable bonds is 4. The summed E-state index contributed by atoms with van der Waals surface area (Å²) >= 11 is 0. The van der Waals surface area contributed by atoms with Crippen LogP contribution in [0, 0.1) is 19.8 Å². The number of piperidine rings is 1. The van der Waals surface area contributed by atoms with Crippen LogP contribution in [0.3, 0.4) is 0 Å². The van der Waals surface area contributed by atoms with E-state index in [0.717, 1.165) is 17.5 Å². The summed E-state index contributed by atoms with van der Waals surface area (Å²) in [5.41, 5.74) is 2.14. The molecule has 0 radical (unpaired) electrons. The smallest absolute Gasteiger partial charge is 0.308 e. The zero-order valence-corrected chi connectivity index (χ0v) is 12.5. The molecule has 0 spiro atoms. The number of benzene rings is 1. The highest BCUT2D eigenvalue weighted by molar-refractivity contribution is 5.79. The van der Waals surface area contributed by atoms with Crippen LogP contribution in [-0.2, 0) is 9.59 Å². The van der Waals surface area contributed by atoms with E-state index in [-0.39, 0.29) is 19.1 Å². The van der Waals surface area contributed by atoms with Crippen LogP contribution < -0.4 is 4.74 Å². The van der Waals surface area contributed by atoms with Gasteiger partial charge in [0.1, 0.15) is 5.75 Å². The van der Waals surface area contributed by atoms with Gasteiger partial charge in [0.15, 0.2) is 6.61 Å². The predicted molar refractivity (Wildman–Crippen MR) is 78.4 cm³/mol. The molecule has 114 valence electrons. The number of hydrogen-bond donors (Lipinski definition) is 1. The van der Waals surface area contributed by atoms with Gasteiger partial charge in [0.05, 0.1) is 5.92 Å². The second-order valence-corrected chi connectivity index (χ2v) is 5.50. The molecule has 1 aromatic carbocycles. The predicted octanol–water partition coefficient (Wildman–Crippen LogP) is 2.01. The Bertz CT molecular complexity index is 541. The van der Waals surface area contributed by atoms with Crippen molar-refractivity contribution in [3.63, 3.8) is 0 Å². The summed E-state index contributed by atoms with van der Waals surface area (Å²) in [6, 6.07) is 5.72. The fourth-order valence-corrected chi connectivity index (χ4v) is 2.52. The maximum absolute atomic E-state index is 12.1. The molecule has 0 bridgehead atoms. The van der Waals surface area contributed by atoms with Gasteiger partial charge in [-0.15, -0.1) is 0 Å². The molecule has 5 nitrogen and oxygen atoms in total. The quantitative estimate of drug-likeness (QED) is 0.921. The van der Waals surface area contributed by atoms with Crippen LogP contribution in [0.15, 0.2) is 18.2 Å². The molecule has 1 aromatic rings. The highest BCUT2D eigenvalue weighted by atomic mass is 16.5. The van der Waals surface area contributed by atoms with Gasteiger partial charge in [-0.05, 0) is 43.9 Å². The molecule has 1 heterocycles. The van der Waals surface area contributed by atoms with Gasteiger partial charge >= 0.3 is 5.97 Å². The Morgan fingerprint density at radius 2 is 2.14 bits per heavy atom. The monoisotopic (exact) mass is 291 g/mol. The first-order valence-corrected chi connectivity index (χ1v) is 7.18. The number of aryl methyl sites for hydroxylation is 1.